The van der Waals surface area contributed by atoms with E-state index in [1.54, 1.807) is 0 Å². The Bertz CT molecular complexity index is 728. The predicted molar refractivity (Wildman–Crippen MR) is 105 cm³/mol. The number of hydrogen-bond donors (Lipinski definition) is 0. The highest BCUT2D eigenvalue weighted by molar-refractivity contribution is 6.55. The number of rotatable bonds is 11. The van der Waals surface area contributed by atoms with Crippen LogP contribution in [0.3, 0.4) is 0 Å². The van der Waals surface area contributed by atoms with E-state index >= 15 is 0 Å². The Morgan fingerprint density at radius 2 is 1.48 bits per heavy atom. The molecule has 2 rings (SSSR count). The van der Waals surface area contributed by atoms with E-state index in [0.717, 1.165) is 19.3 Å². The summed E-state index contributed by atoms with van der Waals surface area (Å²) < 4.78 is 0. The molecule has 0 radical (unpaired) electrons. The van der Waals surface area contributed by atoms with Crippen molar-refractivity contribution in [1.82, 2.24) is 4.90 Å². The van der Waals surface area contributed by atoms with Gasteiger partial charge in [0.1, 0.15) is 5.03 Å². The third-order valence-electron chi connectivity index (χ3n) is 4.71. The molecule has 0 atom stereocenters. The molecule has 1 aromatic rings. The average Bonchev–Trinajstić information content (AvgIpc) is 2.87. The van der Waals surface area contributed by atoms with Gasteiger partial charge in [-0.1, -0.05) is 63.5 Å². The fourth-order valence-electron chi connectivity index (χ4n) is 3.15. The number of nitro groups is 1. The fraction of sp³-hybridized carbons (Fsp3) is 0.500. The van der Waals surface area contributed by atoms with Gasteiger partial charge in [-0.25, -0.2) is 0 Å². The number of unbranched alkanes of at least 4 members (excludes halogenated alkanes) is 7. The number of carbonyl (C=O) groups is 2. The van der Waals surface area contributed by atoms with Crippen molar-refractivity contribution in [3.8, 4) is 0 Å². The Kier molecular flexibility index (Phi) is 7.98. The molecule has 7 heteroatoms. The predicted octanol–water partition coefficient (Wildman–Crippen LogP) is 5.05. The van der Waals surface area contributed by atoms with Crippen LogP contribution in [0.5, 0.6) is 0 Å². The van der Waals surface area contributed by atoms with Gasteiger partial charge in [0.25, 0.3) is 17.5 Å². The molecular weight excluding hydrogens is 368 g/mol. The van der Waals surface area contributed by atoms with Crippen molar-refractivity contribution in [2.45, 2.75) is 58.3 Å². The number of benzene rings is 1. The van der Waals surface area contributed by atoms with Gasteiger partial charge in [0.2, 0.25) is 0 Å². The van der Waals surface area contributed by atoms with Gasteiger partial charge in [0, 0.05) is 18.7 Å². The molecule has 0 aliphatic carbocycles. The van der Waals surface area contributed by atoms with E-state index in [1.165, 1.54) is 61.3 Å². The van der Waals surface area contributed by atoms with Gasteiger partial charge in [-0.15, -0.1) is 0 Å². The first-order valence-corrected chi connectivity index (χ1v) is 9.86. The first kappa shape index (κ1) is 21.1. The second kappa shape index (κ2) is 10.2. The first-order valence-electron chi connectivity index (χ1n) is 9.48. The summed E-state index contributed by atoms with van der Waals surface area (Å²) in [7, 11) is 0. The summed E-state index contributed by atoms with van der Waals surface area (Å²) >= 11 is 6.10. The number of nitrogens with zero attached hydrogens (tertiary/aromatic N) is 2. The lowest BCUT2D eigenvalue weighted by atomic mass is 10.1. The van der Waals surface area contributed by atoms with Crippen molar-refractivity contribution < 1.29 is 14.5 Å². The van der Waals surface area contributed by atoms with Crippen molar-refractivity contribution in [1.29, 1.82) is 0 Å². The Balaban J connectivity index is 1.89. The largest absolute Gasteiger partial charge is 0.274 e. The van der Waals surface area contributed by atoms with E-state index in [2.05, 4.69) is 6.92 Å². The quantitative estimate of drug-likeness (QED) is 0.228. The number of halogens is 1. The summed E-state index contributed by atoms with van der Waals surface area (Å²) in [6, 6.07) is 5.48. The molecule has 0 saturated carbocycles. The second-order valence-corrected chi connectivity index (χ2v) is 7.11. The number of amides is 2. The van der Waals surface area contributed by atoms with Crippen LogP contribution in [0.2, 0.25) is 0 Å². The molecule has 146 valence electrons. The molecule has 1 heterocycles. The number of nitro benzene ring substituents is 1. The number of non-ortho nitro benzene ring substituents is 1. The normalized spacial score (nSPS) is 14.4. The lowest BCUT2D eigenvalue weighted by Gasteiger charge is -2.14. The summed E-state index contributed by atoms with van der Waals surface area (Å²) in [4.78, 5) is 36.3. The van der Waals surface area contributed by atoms with Crippen molar-refractivity contribution in [3.63, 3.8) is 0 Å². The minimum absolute atomic E-state index is 0.0805. The van der Waals surface area contributed by atoms with Crippen LogP contribution in [-0.2, 0) is 9.59 Å². The standard InChI is InChI=1S/C20H25ClN2O4/c1-2-3-4-5-6-7-8-9-14-22-19(24)17(18(21)20(22)25)15-10-12-16(13-11-15)23(26)27/h10-13H,2-9,14H2,1H3. The van der Waals surface area contributed by atoms with Crippen LogP contribution in [0.15, 0.2) is 29.3 Å². The van der Waals surface area contributed by atoms with Crippen molar-refractivity contribution in [3.05, 3.63) is 45.0 Å². The van der Waals surface area contributed by atoms with Crippen LogP contribution in [-0.4, -0.2) is 28.2 Å². The zero-order valence-corrected chi connectivity index (χ0v) is 16.3. The summed E-state index contributed by atoms with van der Waals surface area (Å²) in [6.45, 7) is 2.54. The second-order valence-electron chi connectivity index (χ2n) is 6.73. The number of hydrogen-bond acceptors (Lipinski definition) is 4. The van der Waals surface area contributed by atoms with E-state index < -0.39 is 16.7 Å². The van der Waals surface area contributed by atoms with Gasteiger partial charge in [-0.3, -0.25) is 24.6 Å². The molecule has 0 bridgehead atoms. The monoisotopic (exact) mass is 392 g/mol. The van der Waals surface area contributed by atoms with E-state index in [1.807, 2.05) is 0 Å². The third-order valence-corrected chi connectivity index (χ3v) is 5.06. The van der Waals surface area contributed by atoms with Gasteiger partial charge >= 0.3 is 0 Å². The molecule has 2 amide bonds. The molecule has 1 aliphatic rings. The van der Waals surface area contributed by atoms with Gasteiger partial charge in [0.15, 0.2) is 0 Å². The molecular formula is C20H25ClN2O4. The maximum atomic E-state index is 12.6. The van der Waals surface area contributed by atoms with Gasteiger partial charge in [-0.05, 0) is 24.1 Å². The van der Waals surface area contributed by atoms with Crippen LogP contribution >= 0.6 is 11.6 Å². The number of carbonyl (C=O) groups excluding carboxylic acids is 2. The Morgan fingerprint density at radius 1 is 0.926 bits per heavy atom. The maximum Gasteiger partial charge on any atom is 0.273 e. The molecule has 1 aliphatic heterocycles. The van der Waals surface area contributed by atoms with E-state index in [0.29, 0.717) is 12.1 Å². The molecule has 0 saturated heterocycles. The van der Waals surface area contributed by atoms with Crippen molar-refractivity contribution >= 4 is 34.7 Å². The Hall–Kier alpha value is -2.21. The Morgan fingerprint density at radius 3 is 2.04 bits per heavy atom. The lowest BCUT2D eigenvalue weighted by molar-refractivity contribution is -0.384. The maximum absolute atomic E-state index is 12.6. The molecule has 0 N–H and O–H groups in total. The SMILES string of the molecule is CCCCCCCCCCN1C(=O)C(Cl)=C(c2ccc([N+](=O)[O-])cc2)C1=O. The molecule has 0 spiro atoms. The summed E-state index contributed by atoms with van der Waals surface area (Å²) in [5.74, 6) is -0.917. The van der Waals surface area contributed by atoms with Crippen LogP contribution in [0.1, 0.15) is 63.9 Å². The zero-order valence-electron chi connectivity index (χ0n) is 15.6. The van der Waals surface area contributed by atoms with E-state index in [-0.39, 0.29) is 16.3 Å². The van der Waals surface area contributed by atoms with Crippen molar-refractivity contribution in [2.75, 3.05) is 6.54 Å². The first-order chi connectivity index (χ1) is 13.0. The number of imide groups is 1. The van der Waals surface area contributed by atoms with E-state index in [9.17, 15) is 19.7 Å². The molecule has 0 aromatic heterocycles. The highest BCUT2D eigenvalue weighted by Gasteiger charge is 2.37. The average molecular weight is 393 g/mol. The highest BCUT2D eigenvalue weighted by atomic mass is 35.5. The molecule has 0 unspecified atom stereocenters. The third kappa shape index (κ3) is 5.39. The molecule has 0 fully saturated rings. The summed E-state index contributed by atoms with van der Waals surface area (Å²) in [6.07, 6.45) is 8.98. The van der Waals surface area contributed by atoms with Crippen LogP contribution in [0, 0.1) is 10.1 Å². The summed E-state index contributed by atoms with van der Waals surface area (Å²) in [5, 5.41) is 10.6. The van der Waals surface area contributed by atoms with Crippen LogP contribution in [0.25, 0.3) is 5.57 Å². The Labute approximate surface area is 164 Å². The smallest absolute Gasteiger partial charge is 0.273 e. The van der Waals surface area contributed by atoms with Gasteiger partial charge < -0.3 is 0 Å². The summed E-state index contributed by atoms with van der Waals surface area (Å²) in [5.41, 5.74) is 0.460. The van der Waals surface area contributed by atoms with Crippen LogP contribution < -0.4 is 0 Å². The topological polar surface area (TPSA) is 80.5 Å². The minimum Gasteiger partial charge on any atom is -0.274 e. The highest BCUT2D eigenvalue weighted by Crippen LogP contribution is 2.32. The zero-order chi connectivity index (χ0) is 19.8. The molecule has 27 heavy (non-hydrogen) atoms. The van der Waals surface area contributed by atoms with E-state index in [4.69, 9.17) is 11.6 Å². The van der Waals surface area contributed by atoms with Gasteiger partial charge in [-0.2, -0.15) is 0 Å². The minimum atomic E-state index is -0.518. The van der Waals surface area contributed by atoms with Crippen molar-refractivity contribution in [2.24, 2.45) is 0 Å². The van der Waals surface area contributed by atoms with Crippen LogP contribution in [0.4, 0.5) is 5.69 Å². The molecule has 6 nitrogen and oxygen atoms in total. The lowest BCUT2D eigenvalue weighted by Crippen LogP contribution is -2.32. The fourth-order valence-corrected chi connectivity index (χ4v) is 3.45. The molecule has 1 aromatic carbocycles. The van der Waals surface area contributed by atoms with Gasteiger partial charge in [0.05, 0.1) is 10.5 Å².